The second-order valence-electron chi connectivity index (χ2n) is 9.30. The minimum atomic E-state index is -0.814. The van der Waals surface area contributed by atoms with Gasteiger partial charge in [-0.05, 0) is 77.5 Å². The quantitative estimate of drug-likeness (QED) is 0.527. The van der Waals surface area contributed by atoms with E-state index in [1.54, 1.807) is 34.8 Å². The molecule has 1 aliphatic rings. The summed E-state index contributed by atoms with van der Waals surface area (Å²) in [6, 6.07) is 7.04. The highest BCUT2D eigenvalue weighted by molar-refractivity contribution is 5.81. The minimum absolute atomic E-state index is 0.00942. The van der Waals surface area contributed by atoms with E-state index < -0.39 is 23.7 Å². The van der Waals surface area contributed by atoms with E-state index in [1.807, 2.05) is 31.2 Å². The van der Waals surface area contributed by atoms with Crippen molar-refractivity contribution in [3.8, 4) is 5.75 Å². The zero-order valence-corrected chi connectivity index (χ0v) is 19.6. The van der Waals surface area contributed by atoms with Gasteiger partial charge in [-0.25, -0.2) is 9.59 Å². The van der Waals surface area contributed by atoms with E-state index in [0.29, 0.717) is 18.9 Å². The molecule has 7 nitrogen and oxygen atoms in total. The van der Waals surface area contributed by atoms with Crippen molar-refractivity contribution in [2.45, 2.75) is 71.6 Å². The third kappa shape index (κ3) is 9.59. The van der Waals surface area contributed by atoms with Gasteiger partial charge in [-0.2, -0.15) is 0 Å². The lowest BCUT2D eigenvalue weighted by molar-refractivity contribution is -0.154. The van der Waals surface area contributed by atoms with Crippen LogP contribution in [0.15, 0.2) is 24.3 Å². The van der Waals surface area contributed by atoms with Gasteiger partial charge in [0.25, 0.3) is 0 Å². The third-order valence-corrected chi connectivity index (χ3v) is 5.09. The van der Waals surface area contributed by atoms with Gasteiger partial charge >= 0.3 is 12.1 Å². The van der Waals surface area contributed by atoms with Crippen LogP contribution in [0.4, 0.5) is 4.79 Å². The second-order valence-corrected chi connectivity index (χ2v) is 9.30. The Morgan fingerprint density at radius 1 is 1.13 bits per heavy atom. The smallest absolute Gasteiger partial charge is 0.408 e. The topological polar surface area (TPSA) is 83.1 Å². The van der Waals surface area contributed by atoms with Crippen molar-refractivity contribution in [2.24, 2.45) is 11.8 Å². The minimum Gasteiger partial charge on any atom is -0.497 e. The molecule has 0 bridgehead atoms. The van der Waals surface area contributed by atoms with Crippen LogP contribution < -0.4 is 10.1 Å². The average molecular weight is 436 g/mol. The molecule has 1 aromatic carbocycles. The Balaban J connectivity index is 1.93. The molecule has 0 radical (unpaired) electrons. The Hall–Kier alpha value is -2.28. The monoisotopic (exact) mass is 435 g/mol. The molecular formula is C24H37NO6. The molecule has 1 N–H and O–H groups in total. The van der Waals surface area contributed by atoms with E-state index in [0.717, 1.165) is 17.9 Å². The number of carbonyl (C=O) groups excluding carboxylic acids is 2. The molecule has 1 amide bonds. The van der Waals surface area contributed by atoms with Gasteiger partial charge in [-0.15, -0.1) is 0 Å². The number of benzene rings is 1. The number of ether oxygens (including phenoxy) is 4. The van der Waals surface area contributed by atoms with Gasteiger partial charge in [0.15, 0.2) is 0 Å². The van der Waals surface area contributed by atoms with E-state index in [4.69, 9.17) is 18.9 Å². The van der Waals surface area contributed by atoms with Crippen LogP contribution in [0.5, 0.6) is 5.75 Å². The van der Waals surface area contributed by atoms with Crippen molar-refractivity contribution >= 4 is 12.1 Å². The number of amides is 1. The molecule has 1 fully saturated rings. The lowest BCUT2D eigenvalue weighted by Crippen LogP contribution is -2.44. The highest BCUT2D eigenvalue weighted by Gasteiger charge is 2.28. The number of hydrogen-bond acceptors (Lipinski definition) is 6. The lowest BCUT2D eigenvalue weighted by Gasteiger charge is -2.26. The van der Waals surface area contributed by atoms with Crippen LogP contribution in [-0.4, -0.2) is 50.1 Å². The van der Waals surface area contributed by atoms with E-state index in [9.17, 15) is 9.59 Å². The van der Waals surface area contributed by atoms with Crippen molar-refractivity contribution in [3.05, 3.63) is 29.8 Å². The standard InChI is InChI=1S/C24H37NO6/c1-16(25-23(27)31-24(3,4)5)22(26)30-17(2)20(15-29-14-19-7-8-19)13-18-9-11-21(28-6)12-10-18/h9-12,16-17,19-20H,7-8,13-15H2,1-6H3,(H,25,27)/t16-,17-,20+/m0/s1. The Morgan fingerprint density at radius 2 is 1.77 bits per heavy atom. The van der Waals surface area contributed by atoms with Crippen molar-refractivity contribution in [3.63, 3.8) is 0 Å². The van der Waals surface area contributed by atoms with Crippen LogP contribution in [-0.2, 0) is 25.4 Å². The predicted molar refractivity (Wildman–Crippen MR) is 118 cm³/mol. The summed E-state index contributed by atoms with van der Waals surface area (Å²) >= 11 is 0. The molecule has 0 unspecified atom stereocenters. The van der Waals surface area contributed by atoms with Gasteiger partial charge in [0, 0.05) is 12.5 Å². The molecule has 0 saturated heterocycles. The maximum absolute atomic E-state index is 12.5. The van der Waals surface area contributed by atoms with Crippen LogP contribution in [0.2, 0.25) is 0 Å². The molecule has 2 rings (SSSR count). The number of nitrogens with one attached hydrogen (secondary N) is 1. The molecule has 31 heavy (non-hydrogen) atoms. The molecule has 1 aromatic rings. The molecule has 0 aromatic heterocycles. The Kier molecular flexibility index (Phi) is 9.16. The number of methoxy groups -OCH3 is 1. The fraction of sp³-hybridized carbons (Fsp3) is 0.667. The maximum atomic E-state index is 12.5. The van der Waals surface area contributed by atoms with Crippen LogP contribution in [0.25, 0.3) is 0 Å². The SMILES string of the molecule is COc1ccc(C[C@H](COCC2CC2)[C@H](C)OC(=O)[C@H](C)NC(=O)OC(C)(C)C)cc1. The summed E-state index contributed by atoms with van der Waals surface area (Å²) in [7, 11) is 1.64. The molecule has 7 heteroatoms. The molecule has 174 valence electrons. The fourth-order valence-corrected chi connectivity index (χ4v) is 3.02. The number of rotatable bonds is 11. The van der Waals surface area contributed by atoms with Crippen molar-refractivity contribution in [1.29, 1.82) is 0 Å². The summed E-state index contributed by atoms with van der Waals surface area (Å²) in [6.45, 7) is 10.0. The normalized spacial score (nSPS) is 16.7. The zero-order valence-electron chi connectivity index (χ0n) is 19.6. The Bertz CT molecular complexity index is 708. The molecule has 1 aliphatic carbocycles. The van der Waals surface area contributed by atoms with Crippen molar-refractivity contribution in [2.75, 3.05) is 20.3 Å². The average Bonchev–Trinajstić information content (AvgIpc) is 3.50. The van der Waals surface area contributed by atoms with Gasteiger partial charge in [0.05, 0.1) is 13.7 Å². The number of carbonyl (C=O) groups is 2. The molecular weight excluding hydrogens is 398 g/mol. The van der Waals surface area contributed by atoms with Gasteiger partial charge in [0.2, 0.25) is 0 Å². The highest BCUT2D eigenvalue weighted by Crippen LogP contribution is 2.29. The first kappa shape index (κ1) is 25.0. The second kappa shape index (κ2) is 11.4. The van der Waals surface area contributed by atoms with Crippen molar-refractivity contribution in [1.82, 2.24) is 5.32 Å². The van der Waals surface area contributed by atoms with Crippen LogP contribution >= 0.6 is 0 Å². The van der Waals surface area contributed by atoms with Gasteiger partial charge in [0.1, 0.15) is 23.5 Å². The van der Waals surface area contributed by atoms with Gasteiger partial charge in [-0.3, -0.25) is 0 Å². The van der Waals surface area contributed by atoms with Gasteiger partial charge in [-0.1, -0.05) is 12.1 Å². The largest absolute Gasteiger partial charge is 0.497 e. The molecule has 0 spiro atoms. The van der Waals surface area contributed by atoms with Crippen LogP contribution in [0, 0.1) is 11.8 Å². The summed E-state index contributed by atoms with van der Waals surface area (Å²) in [4.78, 5) is 24.5. The van der Waals surface area contributed by atoms with E-state index in [1.165, 1.54) is 12.8 Å². The molecule has 3 atom stereocenters. The predicted octanol–water partition coefficient (Wildman–Crippen LogP) is 4.13. The van der Waals surface area contributed by atoms with E-state index >= 15 is 0 Å². The third-order valence-electron chi connectivity index (χ3n) is 5.09. The summed E-state index contributed by atoms with van der Waals surface area (Å²) in [5.74, 6) is 0.953. The van der Waals surface area contributed by atoms with Gasteiger partial charge < -0.3 is 24.3 Å². The molecule has 0 heterocycles. The summed E-state index contributed by atoms with van der Waals surface area (Å²) in [5, 5.41) is 2.53. The molecule has 0 aliphatic heterocycles. The van der Waals surface area contributed by atoms with Crippen LogP contribution in [0.1, 0.15) is 53.0 Å². The van der Waals surface area contributed by atoms with Crippen molar-refractivity contribution < 1.29 is 28.5 Å². The van der Waals surface area contributed by atoms with E-state index in [2.05, 4.69) is 5.32 Å². The summed E-state index contributed by atoms with van der Waals surface area (Å²) in [5.41, 5.74) is 0.479. The Labute approximate surface area is 185 Å². The fourth-order valence-electron chi connectivity index (χ4n) is 3.02. The maximum Gasteiger partial charge on any atom is 0.408 e. The highest BCUT2D eigenvalue weighted by atomic mass is 16.6. The Morgan fingerprint density at radius 3 is 2.32 bits per heavy atom. The zero-order chi connectivity index (χ0) is 23.0. The number of alkyl carbamates (subject to hydrolysis) is 1. The first-order chi connectivity index (χ1) is 14.6. The summed E-state index contributed by atoms with van der Waals surface area (Å²) in [6.07, 6.45) is 2.13. The first-order valence-corrected chi connectivity index (χ1v) is 11.0. The first-order valence-electron chi connectivity index (χ1n) is 11.0. The van der Waals surface area contributed by atoms with Crippen LogP contribution in [0.3, 0.4) is 0 Å². The number of esters is 1. The summed E-state index contributed by atoms with van der Waals surface area (Å²) < 4.78 is 22.0. The van der Waals surface area contributed by atoms with E-state index in [-0.39, 0.29) is 12.0 Å². The molecule has 1 saturated carbocycles. The lowest BCUT2D eigenvalue weighted by atomic mass is 9.95. The number of hydrogen-bond donors (Lipinski definition) is 1.